The summed E-state index contributed by atoms with van der Waals surface area (Å²) < 4.78 is 2.56. The number of aliphatic imine (C=N–C) groups is 1. The molecule has 0 atom stereocenters. The second-order valence-electron chi connectivity index (χ2n) is 7.71. The average molecular weight is 399 g/mol. The summed E-state index contributed by atoms with van der Waals surface area (Å²) in [5.74, 6) is 3.86. The Morgan fingerprint density at radius 2 is 2.15 bits per heavy atom. The lowest BCUT2D eigenvalue weighted by molar-refractivity contribution is 0.375. The molecule has 0 radical (unpaired) electrons. The predicted molar refractivity (Wildman–Crippen MR) is 114 cm³/mol. The maximum Gasteiger partial charge on any atom is 0.193 e. The molecule has 0 aliphatic carbocycles. The van der Waals surface area contributed by atoms with Crippen molar-refractivity contribution in [3.8, 4) is 0 Å². The van der Waals surface area contributed by atoms with E-state index in [0.29, 0.717) is 5.92 Å². The lowest BCUT2D eigenvalue weighted by Gasteiger charge is -2.39. The molecule has 1 aromatic heterocycles. The summed E-state index contributed by atoms with van der Waals surface area (Å²) in [7, 11) is 1.88. The predicted octanol–water partition coefficient (Wildman–Crippen LogP) is 2.99. The summed E-state index contributed by atoms with van der Waals surface area (Å²) in [6, 6.07) is 0. The van der Waals surface area contributed by atoms with E-state index in [1.807, 2.05) is 18.8 Å². The van der Waals surface area contributed by atoms with Gasteiger partial charge < -0.3 is 14.8 Å². The van der Waals surface area contributed by atoms with Crippen LogP contribution in [0.25, 0.3) is 0 Å². The first kappa shape index (κ1) is 21.4. The Morgan fingerprint density at radius 3 is 2.77 bits per heavy atom. The first-order valence-electron chi connectivity index (χ1n) is 9.42. The standard InChI is InChI=1S/C18H34N6S2/c1-14(2)12-24-15(21-22-17(24)25-6)8-7-9-20-16(19-5)23-10-11-26-18(3,4)13-23/h14H,7-13H2,1-6H3,(H,19,20). The van der Waals surface area contributed by atoms with Crippen LogP contribution in [-0.2, 0) is 13.0 Å². The van der Waals surface area contributed by atoms with Crippen LogP contribution in [0, 0.1) is 5.92 Å². The highest BCUT2D eigenvalue weighted by Gasteiger charge is 2.28. The molecule has 0 spiro atoms. The summed E-state index contributed by atoms with van der Waals surface area (Å²) in [4.78, 5) is 6.86. The van der Waals surface area contributed by atoms with Crippen molar-refractivity contribution in [2.24, 2.45) is 10.9 Å². The van der Waals surface area contributed by atoms with Gasteiger partial charge in [-0.15, -0.1) is 10.2 Å². The molecular weight excluding hydrogens is 364 g/mol. The molecule has 1 fully saturated rings. The van der Waals surface area contributed by atoms with Gasteiger partial charge in [-0.3, -0.25) is 4.99 Å². The molecule has 148 valence electrons. The molecule has 0 saturated carbocycles. The molecule has 2 heterocycles. The Balaban J connectivity index is 1.85. The summed E-state index contributed by atoms with van der Waals surface area (Å²) in [5.41, 5.74) is 0. The summed E-state index contributed by atoms with van der Waals surface area (Å²) in [6.07, 6.45) is 4.02. The molecule has 26 heavy (non-hydrogen) atoms. The van der Waals surface area contributed by atoms with Gasteiger partial charge in [0.2, 0.25) is 0 Å². The molecule has 0 unspecified atom stereocenters. The molecular formula is C18H34N6S2. The summed E-state index contributed by atoms with van der Waals surface area (Å²) in [6.45, 7) is 13.1. The lowest BCUT2D eigenvalue weighted by Crippen LogP contribution is -2.51. The van der Waals surface area contributed by atoms with Gasteiger partial charge in [0.25, 0.3) is 0 Å². The zero-order valence-corrected chi connectivity index (χ0v) is 18.7. The highest BCUT2D eigenvalue weighted by atomic mass is 32.2. The van der Waals surface area contributed by atoms with E-state index < -0.39 is 0 Å². The van der Waals surface area contributed by atoms with Gasteiger partial charge in [-0.2, -0.15) is 11.8 Å². The Morgan fingerprint density at radius 1 is 1.38 bits per heavy atom. The van der Waals surface area contributed by atoms with Crippen molar-refractivity contribution in [2.45, 2.75) is 57.0 Å². The molecule has 1 aromatic rings. The number of nitrogens with one attached hydrogen (secondary N) is 1. The average Bonchev–Trinajstić information content (AvgIpc) is 2.95. The van der Waals surface area contributed by atoms with Crippen molar-refractivity contribution < 1.29 is 0 Å². The number of guanidine groups is 1. The Kier molecular flexibility index (Phi) is 8.13. The molecule has 8 heteroatoms. The van der Waals surface area contributed by atoms with Crippen LogP contribution in [0.5, 0.6) is 0 Å². The van der Waals surface area contributed by atoms with Crippen LogP contribution in [0.2, 0.25) is 0 Å². The van der Waals surface area contributed by atoms with E-state index >= 15 is 0 Å². The smallest absolute Gasteiger partial charge is 0.193 e. The SMILES string of the molecule is CN=C(NCCCc1nnc(SC)n1CC(C)C)N1CCSC(C)(C)C1. The number of hydrogen-bond acceptors (Lipinski definition) is 5. The zero-order valence-electron chi connectivity index (χ0n) is 17.1. The topological polar surface area (TPSA) is 58.3 Å². The van der Waals surface area contributed by atoms with E-state index in [1.165, 1.54) is 0 Å². The van der Waals surface area contributed by atoms with Gasteiger partial charge in [-0.1, -0.05) is 25.6 Å². The highest BCUT2D eigenvalue weighted by Crippen LogP contribution is 2.29. The van der Waals surface area contributed by atoms with Gasteiger partial charge in [-0.25, -0.2) is 0 Å². The summed E-state index contributed by atoms with van der Waals surface area (Å²) >= 11 is 3.71. The minimum atomic E-state index is 0.289. The van der Waals surface area contributed by atoms with E-state index in [-0.39, 0.29) is 4.75 Å². The van der Waals surface area contributed by atoms with Crippen molar-refractivity contribution in [1.29, 1.82) is 0 Å². The zero-order chi connectivity index (χ0) is 19.2. The molecule has 2 rings (SSSR count). The normalized spacial score (nSPS) is 17.8. The highest BCUT2D eigenvalue weighted by molar-refractivity contribution is 8.00. The second kappa shape index (κ2) is 9.88. The van der Waals surface area contributed by atoms with E-state index in [9.17, 15) is 0 Å². The molecule has 1 aliphatic heterocycles. The Hall–Kier alpha value is -0.890. The van der Waals surface area contributed by atoms with Crippen LogP contribution >= 0.6 is 23.5 Å². The van der Waals surface area contributed by atoms with E-state index in [1.54, 1.807) is 11.8 Å². The lowest BCUT2D eigenvalue weighted by atomic mass is 10.2. The third-order valence-corrected chi connectivity index (χ3v) is 6.29. The number of thioether (sulfide) groups is 2. The minimum Gasteiger partial charge on any atom is -0.356 e. The first-order valence-corrected chi connectivity index (χ1v) is 11.6. The van der Waals surface area contributed by atoms with Gasteiger partial charge >= 0.3 is 0 Å². The van der Waals surface area contributed by atoms with Gasteiger partial charge in [-0.05, 0) is 32.4 Å². The molecule has 1 saturated heterocycles. The third kappa shape index (κ3) is 6.08. The van der Waals surface area contributed by atoms with Crippen LogP contribution in [-0.4, -0.2) is 69.1 Å². The van der Waals surface area contributed by atoms with Gasteiger partial charge in [0.15, 0.2) is 11.1 Å². The van der Waals surface area contributed by atoms with Gasteiger partial charge in [0.05, 0.1) is 0 Å². The van der Waals surface area contributed by atoms with Crippen LogP contribution in [0.15, 0.2) is 10.1 Å². The van der Waals surface area contributed by atoms with Crippen molar-refractivity contribution in [3.63, 3.8) is 0 Å². The van der Waals surface area contributed by atoms with Gasteiger partial charge in [0.1, 0.15) is 5.82 Å². The minimum absolute atomic E-state index is 0.289. The van der Waals surface area contributed by atoms with Crippen molar-refractivity contribution in [2.75, 3.05) is 38.7 Å². The Labute approximate surface area is 167 Å². The summed E-state index contributed by atoms with van der Waals surface area (Å²) in [5, 5.41) is 13.3. The molecule has 1 N–H and O–H groups in total. The number of aromatic nitrogens is 3. The fourth-order valence-electron chi connectivity index (χ4n) is 3.18. The van der Waals surface area contributed by atoms with Crippen LogP contribution in [0.4, 0.5) is 0 Å². The number of rotatable bonds is 7. The van der Waals surface area contributed by atoms with Crippen LogP contribution in [0.3, 0.4) is 0 Å². The largest absolute Gasteiger partial charge is 0.356 e. The third-order valence-electron chi connectivity index (χ3n) is 4.32. The van der Waals surface area contributed by atoms with E-state index in [0.717, 1.165) is 61.7 Å². The molecule has 6 nitrogen and oxygen atoms in total. The quantitative estimate of drug-likeness (QED) is 0.330. The second-order valence-corrected chi connectivity index (χ2v) is 10.3. The fraction of sp³-hybridized carbons (Fsp3) is 0.833. The van der Waals surface area contributed by atoms with E-state index in [4.69, 9.17) is 0 Å². The van der Waals surface area contributed by atoms with Crippen LogP contribution in [0.1, 0.15) is 39.9 Å². The van der Waals surface area contributed by atoms with Crippen LogP contribution < -0.4 is 5.32 Å². The maximum absolute atomic E-state index is 4.48. The number of aryl methyl sites for hydroxylation is 1. The van der Waals surface area contributed by atoms with E-state index in [2.05, 4.69) is 63.9 Å². The number of nitrogens with zero attached hydrogens (tertiary/aromatic N) is 5. The monoisotopic (exact) mass is 398 g/mol. The molecule has 0 aromatic carbocycles. The molecule has 0 amide bonds. The number of hydrogen-bond donors (Lipinski definition) is 1. The first-order chi connectivity index (χ1) is 12.4. The Bertz CT molecular complexity index is 597. The maximum atomic E-state index is 4.48. The van der Waals surface area contributed by atoms with Gasteiger partial charge in [0, 0.05) is 50.1 Å². The fourth-order valence-corrected chi connectivity index (χ4v) is 4.81. The molecule has 0 bridgehead atoms. The van der Waals surface area contributed by atoms with Crippen molar-refractivity contribution >= 4 is 29.5 Å². The van der Waals surface area contributed by atoms with Crippen molar-refractivity contribution in [3.05, 3.63) is 5.82 Å². The van der Waals surface area contributed by atoms with Crippen molar-refractivity contribution in [1.82, 2.24) is 25.0 Å². The molecule has 1 aliphatic rings.